The van der Waals surface area contributed by atoms with Gasteiger partial charge in [-0.3, -0.25) is 4.79 Å². The summed E-state index contributed by atoms with van der Waals surface area (Å²) in [6, 6.07) is 9.45. The first-order valence-electron chi connectivity index (χ1n) is 6.82. The Morgan fingerprint density at radius 3 is 2.90 bits per heavy atom. The van der Waals surface area contributed by atoms with Crippen LogP contribution in [0.2, 0.25) is 0 Å². The van der Waals surface area contributed by atoms with E-state index in [1.54, 1.807) is 12.3 Å². The van der Waals surface area contributed by atoms with Crippen LogP contribution in [0.15, 0.2) is 36.5 Å². The third kappa shape index (κ3) is 3.31. The number of fused-ring (bicyclic) bond motifs is 1. The zero-order valence-electron chi connectivity index (χ0n) is 11.8. The molecular weight excluding hydrogens is 268 g/mol. The summed E-state index contributed by atoms with van der Waals surface area (Å²) in [5, 5.41) is 2.79. The number of aromatic nitrogens is 1. The number of rotatable bonds is 4. The average molecular weight is 284 g/mol. The summed E-state index contributed by atoms with van der Waals surface area (Å²) in [6.07, 6.45) is 2.77. The van der Waals surface area contributed by atoms with Gasteiger partial charge in [0.05, 0.1) is 0 Å². The first-order valence-corrected chi connectivity index (χ1v) is 6.82. The maximum atomic E-state index is 11.9. The second-order valence-electron chi connectivity index (χ2n) is 4.96. The molecule has 3 rings (SSSR count). The van der Waals surface area contributed by atoms with E-state index in [9.17, 15) is 4.79 Å². The minimum atomic E-state index is -0.0518. The molecule has 1 aromatic heterocycles. The number of benzene rings is 1. The van der Waals surface area contributed by atoms with Crippen LogP contribution in [0.3, 0.4) is 0 Å². The molecule has 0 saturated carbocycles. The standard InChI is InChI=1S/C16H16N2O3/c1-11-2-6-15(17-9-11)18-16(19)7-4-12-3-5-13-14(8-12)21-10-20-13/h2-3,5-6,8-9H,4,7,10H2,1H3,(H,17,18,19). The number of anilines is 1. The summed E-state index contributed by atoms with van der Waals surface area (Å²) < 4.78 is 10.6. The largest absolute Gasteiger partial charge is 0.454 e. The molecule has 0 fully saturated rings. The van der Waals surface area contributed by atoms with Gasteiger partial charge in [0, 0.05) is 12.6 Å². The lowest BCUT2D eigenvalue weighted by atomic mass is 10.1. The Morgan fingerprint density at radius 2 is 2.10 bits per heavy atom. The number of amides is 1. The first kappa shape index (κ1) is 13.4. The molecule has 1 aliphatic rings. The van der Waals surface area contributed by atoms with Gasteiger partial charge in [0.2, 0.25) is 12.7 Å². The minimum Gasteiger partial charge on any atom is -0.454 e. The van der Waals surface area contributed by atoms with Gasteiger partial charge in [-0.25, -0.2) is 4.98 Å². The Balaban J connectivity index is 1.55. The van der Waals surface area contributed by atoms with Crippen molar-refractivity contribution in [3.63, 3.8) is 0 Å². The molecule has 1 aromatic carbocycles. The normalized spacial score (nSPS) is 12.2. The van der Waals surface area contributed by atoms with Gasteiger partial charge in [0.25, 0.3) is 0 Å². The maximum Gasteiger partial charge on any atom is 0.231 e. The number of ether oxygens (including phenoxy) is 2. The molecule has 21 heavy (non-hydrogen) atoms. The maximum absolute atomic E-state index is 11.9. The van der Waals surface area contributed by atoms with Gasteiger partial charge >= 0.3 is 0 Å². The van der Waals surface area contributed by atoms with Crippen molar-refractivity contribution in [2.24, 2.45) is 0 Å². The van der Waals surface area contributed by atoms with Gasteiger partial charge in [-0.1, -0.05) is 12.1 Å². The lowest BCUT2D eigenvalue weighted by molar-refractivity contribution is -0.116. The smallest absolute Gasteiger partial charge is 0.231 e. The Morgan fingerprint density at radius 1 is 1.24 bits per heavy atom. The molecule has 5 heteroatoms. The van der Waals surface area contributed by atoms with Crippen LogP contribution < -0.4 is 14.8 Å². The highest BCUT2D eigenvalue weighted by molar-refractivity contribution is 5.89. The summed E-state index contributed by atoms with van der Waals surface area (Å²) in [7, 11) is 0. The van der Waals surface area contributed by atoms with E-state index in [-0.39, 0.29) is 12.7 Å². The zero-order chi connectivity index (χ0) is 14.7. The molecule has 0 bridgehead atoms. The molecule has 5 nitrogen and oxygen atoms in total. The van der Waals surface area contributed by atoms with Gasteiger partial charge < -0.3 is 14.8 Å². The molecule has 2 aromatic rings. The summed E-state index contributed by atoms with van der Waals surface area (Å²) in [6.45, 7) is 2.22. The topological polar surface area (TPSA) is 60.5 Å². The molecule has 0 unspecified atom stereocenters. The first-order chi connectivity index (χ1) is 10.2. The van der Waals surface area contributed by atoms with Crippen LogP contribution in [0, 0.1) is 6.92 Å². The van der Waals surface area contributed by atoms with Gasteiger partial charge in [-0.15, -0.1) is 0 Å². The molecule has 1 N–H and O–H groups in total. The van der Waals surface area contributed by atoms with E-state index in [0.717, 1.165) is 22.6 Å². The quantitative estimate of drug-likeness (QED) is 0.937. The van der Waals surface area contributed by atoms with Gasteiger partial charge in [0.1, 0.15) is 5.82 Å². The number of carbonyl (C=O) groups is 1. The molecular formula is C16H16N2O3. The monoisotopic (exact) mass is 284 g/mol. The Kier molecular flexibility index (Phi) is 3.73. The van der Waals surface area contributed by atoms with Crippen LogP contribution >= 0.6 is 0 Å². The molecule has 2 heterocycles. The van der Waals surface area contributed by atoms with E-state index < -0.39 is 0 Å². The van der Waals surface area contributed by atoms with E-state index in [1.165, 1.54) is 0 Å². The summed E-state index contributed by atoms with van der Waals surface area (Å²) in [5.74, 6) is 2.03. The summed E-state index contributed by atoms with van der Waals surface area (Å²) in [4.78, 5) is 16.0. The number of hydrogen-bond donors (Lipinski definition) is 1. The van der Waals surface area contributed by atoms with Crippen LogP contribution in [0.5, 0.6) is 11.5 Å². The highest BCUT2D eigenvalue weighted by Gasteiger charge is 2.13. The highest BCUT2D eigenvalue weighted by atomic mass is 16.7. The van der Waals surface area contributed by atoms with E-state index in [1.807, 2.05) is 31.2 Å². The van der Waals surface area contributed by atoms with Gasteiger partial charge in [0.15, 0.2) is 11.5 Å². The van der Waals surface area contributed by atoms with Crippen LogP contribution in [-0.2, 0) is 11.2 Å². The Hall–Kier alpha value is -2.56. The number of hydrogen-bond acceptors (Lipinski definition) is 4. The third-order valence-electron chi connectivity index (χ3n) is 3.26. The highest BCUT2D eigenvalue weighted by Crippen LogP contribution is 2.32. The number of nitrogens with one attached hydrogen (secondary N) is 1. The van der Waals surface area contributed by atoms with Crippen LogP contribution in [-0.4, -0.2) is 17.7 Å². The van der Waals surface area contributed by atoms with E-state index in [4.69, 9.17) is 9.47 Å². The van der Waals surface area contributed by atoms with Gasteiger partial charge in [-0.2, -0.15) is 0 Å². The second kappa shape index (κ2) is 5.83. The lowest BCUT2D eigenvalue weighted by Gasteiger charge is -2.05. The van der Waals surface area contributed by atoms with Crippen molar-refractivity contribution < 1.29 is 14.3 Å². The lowest BCUT2D eigenvalue weighted by Crippen LogP contribution is -2.13. The molecule has 0 saturated heterocycles. The Labute approximate surface area is 122 Å². The molecule has 108 valence electrons. The van der Waals surface area contributed by atoms with Crippen molar-refractivity contribution in [1.82, 2.24) is 4.98 Å². The van der Waals surface area contributed by atoms with E-state index >= 15 is 0 Å². The molecule has 0 radical (unpaired) electrons. The summed E-state index contributed by atoms with van der Waals surface area (Å²) in [5.41, 5.74) is 2.11. The van der Waals surface area contributed by atoms with E-state index in [2.05, 4.69) is 10.3 Å². The fourth-order valence-electron chi connectivity index (χ4n) is 2.10. The van der Waals surface area contributed by atoms with Crippen molar-refractivity contribution in [3.8, 4) is 11.5 Å². The Bertz CT molecular complexity index is 653. The van der Waals surface area contributed by atoms with Crippen molar-refractivity contribution in [2.45, 2.75) is 19.8 Å². The third-order valence-corrected chi connectivity index (χ3v) is 3.26. The summed E-state index contributed by atoms with van der Waals surface area (Å²) >= 11 is 0. The molecule has 0 atom stereocenters. The minimum absolute atomic E-state index is 0.0518. The average Bonchev–Trinajstić information content (AvgIpc) is 2.95. The molecule has 1 amide bonds. The van der Waals surface area contributed by atoms with Crippen molar-refractivity contribution >= 4 is 11.7 Å². The number of nitrogens with zero attached hydrogens (tertiary/aromatic N) is 1. The van der Waals surface area contributed by atoms with Gasteiger partial charge in [-0.05, 0) is 42.7 Å². The molecule has 0 spiro atoms. The second-order valence-corrected chi connectivity index (χ2v) is 4.96. The predicted octanol–water partition coefficient (Wildman–Crippen LogP) is 2.69. The van der Waals surface area contributed by atoms with Crippen LogP contribution in [0.1, 0.15) is 17.5 Å². The predicted molar refractivity (Wildman–Crippen MR) is 78.5 cm³/mol. The molecule has 0 aliphatic carbocycles. The SMILES string of the molecule is Cc1ccc(NC(=O)CCc2ccc3c(c2)OCO3)nc1. The number of pyridine rings is 1. The number of aryl methyl sites for hydroxylation is 2. The molecule has 1 aliphatic heterocycles. The zero-order valence-corrected chi connectivity index (χ0v) is 11.8. The van der Waals surface area contributed by atoms with Crippen molar-refractivity contribution in [1.29, 1.82) is 0 Å². The fourth-order valence-corrected chi connectivity index (χ4v) is 2.10. The van der Waals surface area contributed by atoms with E-state index in [0.29, 0.717) is 18.7 Å². The van der Waals surface area contributed by atoms with Crippen molar-refractivity contribution in [2.75, 3.05) is 12.1 Å². The number of carbonyl (C=O) groups excluding carboxylic acids is 1. The van der Waals surface area contributed by atoms with Crippen molar-refractivity contribution in [3.05, 3.63) is 47.7 Å². The van der Waals surface area contributed by atoms with Crippen LogP contribution in [0.4, 0.5) is 5.82 Å². The van der Waals surface area contributed by atoms with Crippen LogP contribution in [0.25, 0.3) is 0 Å². The fraction of sp³-hybridized carbons (Fsp3) is 0.250.